The Bertz CT molecular complexity index is 444. The minimum absolute atomic E-state index is 0.529. The first-order valence-electron chi connectivity index (χ1n) is 7.86. The summed E-state index contributed by atoms with van der Waals surface area (Å²) in [5.74, 6) is 1.14. The fraction of sp³-hybridized carbons (Fsp3) is 0.688. The van der Waals surface area contributed by atoms with E-state index in [2.05, 4.69) is 46.2 Å². The largest absolute Gasteiger partial charge is 0.353 e. The summed E-state index contributed by atoms with van der Waals surface area (Å²) in [4.78, 5) is 9.48. The molecule has 1 aliphatic carbocycles. The summed E-state index contributed by atoms with van der Waals surface area (Å²) < 4.78 is 0. The minimum atomic E-state index is 0.529. The number of hydrogen-bond acceptors (Lipinski definition) is 4. The Labute approximate surface area is 122 Å². The SMILES string of the molecule is CC1CN(C)CCCN1c1cc(CNC2CC2)ccn1. The molecule has 1 aromatic heterocycles. The lowest BCUT2D eigenvalue weighted by molar-refractivity contribution is 0.337. The van der Waals surface area contributed by atoms with Crippen LogP contribution in [0.2, 0.25) is 0 Å². The summed E-state index contributed by atoms with van der Waals surface area (Å²) in [6, 6.07) is 5.68. The molecule has 2 fully saturated rings. The summed E-state index contributed by atoms with van der Waals surface area (Å²) in [6.07, 6.45) is 5.86. The van der Waals surface area contributed by atoms with Crippen molar-refractivity contribution in [1.82, 2.24) is 15.2 Å². The second-order valence-corrected chi connectivity index (χ2v) is 6.34. The quantitative estimate of drug-likeness (QED) is 0.908. The van der Waals surface area contributed by atoms with Crippen LogP contribution in [0.5, 0.6) is 0 Å². The standard InChI is InChI=1S/C16H26N4/c1-13-12-19(2)8-3-9-20(13)16-10-14(6-7-17-16)11-18-15-4-5-15/h6-7,10,13,15,18H,3-5,8-9,11-12H2,1-2H3. The van der Waals surface area contributed by atoms with Crippen molar-refractivity contribution in [2.75, 3.05) is 31.6 Å². The van der Waals surface area contributed by atoms with Crippen molar-refractivity contribution < 1.29 is 0 Å². The van der Waals surface area contributed by atoms with E-state index in [1.54, 1.807) is 0 Å². The zero-order valence-corrected chi connectivity index (χ0v) is 12.7. The molecule has 0 radical (unpaired) electrons. The number of hydrogen-bond donors (Lipinski definition) is 1. The van der Waals surface area contributed by atoms with Crippen LogP contribution in [0, 0.1) is 0 Å². The number of aromatic nitrogens is 1. The summed E-state index contributed by atoms with van der Waals surface area (Å²) in [7, 11) is 2.21. The molecule has 0 bridgehead atoms. The second-order valence-electron chi connectivity index (χ2n) is 6.34. The van der Waals surface area contributed by atoms with E-state index in [-0.39, 0.29) is 0 Å². The van der Waals surface area contributed by atoms with Crippen LogP contribution >= 0.6 is 0 Å². The normalized spacial score (nSPS) is 24.7. The van der Waals surface area contributed by atoms with Gasteiger partial charge in [-0.15, -0.1) is 0 Å². The summed E-state index contributed by atoms with van der Waals surface area (Å²) in [5.41, 5.74) is 1.35. The molecule has 1 N–H and O–H groups in total. The molecule has 2 aliphatic rings. The lowest BCUT2D eigenvalue weighted by atomic mass is 10.2. The van der Waals surface area contributed by atoms with Gasteiger partial charge in [-0.2, -0.15) is 0 Å². The lowest BCUT2D eigenvalue weighted by Crippen LogP contribution is -2.38. The third-order valence-corrected chi connectivity index (χ3v) is 4.32. The average molecular weight is 274 g/mol. The molecule has 20 heavy (non-hydrogen) atoms. The van der Waals surface area contributed by atoms with Crippen molar-refractivity contribution >= 4 is 5.82 Å². The highest BCUT2D eigenvalue weighted by molar-refractivity contribution is 5.42. The monoisotopic (exact) mass is 274 g/mol. The van der Waals surface area contributed by atoms with Crippen molar-refractivity contribution in [1.29, 1.82) is 0 Å². The second kappa shape index (κ2) is 6.10. The Morgan fingerprint density at radius 1 is 1.35 bits per heavy atom. The number of anilines is 1. The fourth-order valence-electron chi connectivity index (χ4n) is 2.99. The maximum Gasteiger partial charge on any atom is 0.129 e. The summed E-state index contributed by atoms with van der Waals surface area (Å²) in [6.45, 7) is 6.69. The van der Waals surface area contributed by atoms with Gasteiger partial charge in [0, 0.05) is 37.9 Å². The van der Waals surface area contributed by atoms with Crippen LogP contribution in [-0.4, -0.2) is 48.6 Å². The molecule has 0 spiro atoms. The summed E-state index contributed by atoms with van der Waals surface area (Å²) in [5, 5.41) is 3.58. The lowest BCUT2D eigenvalue weighted by Gasteiger charge is -2.29. The van der Waals surface area contributed by atoms with E-state index in [0.29, 0.717) is 6.04 Å². The maximum atomic E-state index is 4.60. The van der Waals surface area contributed by atoms with E-state index in [1.165, 1.54) is 31.4 Å². The van der Waals surface area contributed by atoms with Gasteiger partial charge in [-0.1, -0.05) is 0 Å². The van der Waals surface area contributed by atoms with Crippen LogP contribution < -0.4 is 10.2 Å². The van der Waals surface area contributed by atoms with Crippen molar-refractivity contribution in [2.45, 2.75) is 44.8 Å². The average Bonchev–Trinajstić information content (AvgIpc) is 3.25. The smallest absolute Gasteiger partial charge is 0.129 e. The molecular weight excluding hydrogens is 248 g/mol. The Morgan fingerprint density at radius 3 is 3.00 bits per heavy atom. The van der Waals surface area contributed by atoms with E-state index >= 15 is 0 Å². The Balaban J connectivity index is 1.69. The first-order valence-corrected chi connectivity index (χ1v) is 7.86. The molecule has 1 unspecified atom stereocenters. The third-order valence-electron chi connectivity index (χ3n) is 4.32. The molecule has 110 valence electrons. The maximum absolute atomic E-state index is 4.60. The van der Waals surface area contributed by atoms with Gasteiger partial charge < -0.3 is 15.1 Å². The number of nitrogens with one attached hydrogen (secondary N) is 1. The number of nitrogens with zero attached hydrogens (tertiary/aromatic N) is 3. The van der Waals surface area contributed by atoms with Crippen LogP contribution in [0.15, 0.2) is 18.3 Å². The van der Waals surface area contributed by atoms with Gasteiger partial charge in [-0.3, -0.25) is 0 Å². The van der Waals surface area contributed by atoms with Gasteiger partial charge in [0.25, 0.3) is 0 Å². The zero-order chi connectivity index (χ0) is 13.9. The van der Waals surface area contributed by atoms with E-state index in [4.69, 9.17) is 0 Å². The molecule has 4 nitrogen and oxygen atoms in total. The molecule has 1 aromatic rings. The fourth-order valence-corrected chi connectivity index (χ4v) is 2.99. The van der Waals surface area contributed by atoms with Crippen molar-refractivity contribution in [3.8, 4) is 0 Å². The molecule has 0 amide bonds. The molecule has 1 aliphatic heterocycles. The van der Waals surface area contributed by atoms with Crippen LogP contribution in [0.3, 0.4) is 0 Å². The van der Waals surface area contributed by atoms with Crippen LogP contribution in [0.1, 0.15) is 31.7 Å². The van der Waals surface area contributed by atoms with E-state index in [1.807, 2.05) is 6.20 Å². The number of pyridine rings is 1. The van der Waals surface area contributed by atoms with Gasteiger partial charge in [0.1, 0.15) is 5.82 Å². The minimum Gasteiger partial charge on any atom is -0.353 e. The van der Waals surface area contributed by atoms with Crippen molar-refractivity contribution in [3.63, 3.8) is 0 Å². The molecule has 1 saturated heterocycles. The predicted octanol–water partition coefficient (Wildman–Crippen LogP) is 1.86. The van der Waals surface area contributed by atoms with Gasteiger partial charge in [0.15, 0.2) is 0 Å². The predicted molar refractivity (Wildman–Crippen MR) is 83.0 cm³/mol. The first-order chi connectivity index (χ1) is 9.72. The van der Waals surface area contributed by atoms with Gasteiger partial charge >= 0.3 is 0 Å². The van der Waals surface area contributed by atoms with Gasteiger partial charge in [-0.25, -0.2) is 4.98 Å². The van der Waals surface area contributed by atoms with Gasteiger partial charge in [-0.05, 0) is 57.5 Å². The molecule has 0 aromatic carbocycles. The van der Waals surface area contributed by atoms with Gasteiger partial charge in [0.05, 0.1) is 0 Å². The third kappa shape index (κ3) is 3.49. The number of rotatable bonds is 4. The highest BCUT2D eigenvalue weighted by atomic mass is 15.3. The highest BCUT2D eigenvalue weighted by Crippen LogP contribution is 2.21. The Morgan fingerprint density at radius 2 is 2.20 bits per heavy atom. The van der Waals surface area contributed by atoms with E-state index in [9.17, 15) is 0 Å². The van der Waals surface area contributed by atoms with Crippen LogP contribution in [-0.2, 0) is 6.54 Å². The molecule has 2 heterocycles. The number of likely N-dealkylation sites (N-methyl/N-ethyl adjacent to an activating group) is 1. The van der Waals surface area contributed by atoms with Crippen LogP contribution in [0.25, 0.3) is 0 Å². The van der Waals surface area contributed by atoms with E-state index < -0.39 is 0 Å². The van der Waals surface area contributed by atoms with Gasteiger partial charge in [0.2, 0.25) is 0 Å². The first kappa shape index (κ1) is 13.8. The molecule has 3 rings (SSSR count). The van der Waals surface area contributed by atoms with Crippen molar-refractivity contribution in [3.05, 3.63) is 23.9 Å². The molecule has 1 saturated carbocycles. The Kier molecular flexibility index (Phi) is 4.22. The topological polar surface area (TPSA) is 31.4 Å². The van der Waals surface area contributed by atoms with E-state index in [0.717, 1.165) is 31.5 Å². The molecular formula is C16H26N4. The molecule has 1 atom stereocenters. The summed E-state index contributed by atoms with van der Waals surface area (Å²) >= 11 is 0. The molecule has 4 heteroatoms. The highest BCUT2D eigenvalue weighted by Gasteiger charge is 2.22. The van der Waals surface area contributed by atoms with Crippen LogP contribution in [0.4, 0.5) is 5.82 Å². The van der Waals surface area contributed by atoms with Crippen molar-refractivity contribution in [2.24, 2.45) is 0 Å². The zero-order valence-electron chi connectivity index (χ0n) is 12.7. The Hall–Kier alpha value is -1.13.